The van der Waals surface area contributed by atoms with Gasteiger partial charge in [0, 0.05) is 25.6 Å². The molecule has 4 heteroatoms. The first kappa shape index (κ1) is 7.82. The Morgan fingerprint density at radius 2 is 2.10 bits per heavy atom. The van der Waals surface area contributed by atoms with Gasteiger partial charge >= 0.3 is 0 Å². The minimum absolute atomic E-state index is 0. The van der Waals surface area contributed by atoms with Crippen LogP contribution >= 0.6 is 12.4 Å². The number of nitrogens with one attached hydrogen (secondary N) is 2. The molecule has 3 nitrogen and oxygen atoms in total. The van der Waals surface area contributed by atoms with Gasteiger partial charge in [-0.25, -0.2) is 0 Å². The normalized spacial score (nSPS) is 36.6. The highest BCUT2D eigenvalue weighted by molar-refractivity contribution is 5.85. The number of hydrogen-bond acceptors (Lipinski definition) is 2. The predicted molar refractivity (Wildman–Crippen MR) is 40.1 cm³/mol. The fourth-order valence-corrected chi connectivity index (χ4v) is 1.62. The molecule has 2 fully saturated rings. The van der Waals surface area contributed by atoms with Crippen molar-refractivity contribution in [2.24, 2.45) is 11.8 Å². The second-order valence-electron chi connectivity index (χ2n) is 2.77. The van der Waals surface area contributed by atoms with Crippen LogP contribution in [-0.4, -0.2) is 25.5 Å². The molecule has 10 heavy (non-hydrogen) atoms. The van der Waals surface area contributed by atoms with Crippen LogP contribution in [0.3, 0.4) is 0 Å². The third-order valence-electron chi connectivity index (χ3n) is 2.22. The van der Waals surface area contributed by atoms with Crippen molar-refractivity contribution in [3.05, 3.63) is 0 Å². The molecule has 0 radical (unpaired) electrons. The molecule has 0 aromatic rings. The van der Waals surface area contributed by atoms with Crippen LogP contribution < -0.4 is 10.6 Å². The SMILES string of the molecule is Cl.O=C1NCC2CNCC12. The van der Waals surface area contributed by atoms with Crippen LogP contribution in [0.25, 0.3) is 0 Å². The van der Waals surface area contributed by atoms with Crippen LogP contribution in [0.2, 0.25) is 0 Å². The molecule has 2 unspecified atom stereocenters. The van der Waals surface area contributed by atoms with E-state index in [4.69, 9.17) is 0 Å². The van der Waals surface area contributed by atoms with Crippen LogP contribution in [0, 0.1) is 11.8 Å². The number of carbonyl (C=O) groups is 1. The van der Waals surface area contributed by atoms with E-state index in [-0.39, 0.29) is 24.2 Å². The third-order valence-corrected chi connectivity index (χ3v) is 2.22. The van der Waals surface area contributed by atoms with Gasteiger partial charge in [0.25, 0.3) is 0 Å². The summed E-state index contributed by atoms with van der Waals surface area (Å²) in [5.41, 5.74) is 0. The third kappa shape index (κ3) is 0.995. The quantitative estimate of drug-likeness (QED) is 0.498. The second-order valence-corrected chi connectivity index (χ2v) is 2.77. The lowest BCUT2D eigenvalue weighted by Crippen LogP contribution is -2.24. The monoisotopic (exact) mass is 162 g/mol. The van der Waals surface area contributed by atoms with Crippen molar-refractivity contribution in [2.45, 2.75) is 0 Å². The summed E-state index contributed by atoms with van der Waals surface area (Å²) in [4.78, 5) is 10.9. The zero-order valence-corrected chi connectivity index (χ0v) is 6.41. The van der Waals surface area contributed by atoms with Gasteiger partial charge < -0.3 is 10.6 Å². The summed E-state index contributed by atoms with van der Waals surface area (Å²) in [5, 5.41) is 6.04. The molecule has 0 aromatic heterocycles. The first-order valence-corrected chi connectivity index (χ1v) is 3.36. The van der Waals surface area contributed by atoms with E-state index in [1.165, 1.54) is 0 Å². The van der Waals surface area contributed by atoms with E-state index >= 15 is 0 Å². The van der Waals surface area contributed by atoms with Gasteiger partial charge in [-0.3, -0.25) is 4.79 Å². The summed E-state index contributed by atoms with van der Waals surface area (Å²) in [5.74, 6) is 1.10. The van der Waals surface area contributed by atoms with Crippen LogP contribution in [0.1, 0.15) is 0 Å². The molecule has 0 aliphatic carbocycles. The van der Waals surface area contributed by atoms with E-state index in [0.717, 1.165) is 19.6 Å². The zero-order chi connectivity index (χ0) is 6.27. The highest BCUT2D eigenvalue weighted by atomic mass is 35.5. The van der Waals surface area contributed by atoms with E-state index in [1.54, 1.807) is 0 Å². The van der Waals surface area contributed by atoms with Gasteiger partial charge in [0.1, 0.15) is 0 Å². The number of carbonyl (C=O) groups excluding carboxylic acids is 1. The van der Waals surface area contributed by atoms with Crippen molar-refractivity contribution in [3.8, 4) is 0 Å². The van der Waals surface area contributed by atoms with Crippen molar-refractivity contribution < 1.29 is 4.79 Å². The Hall–Kier alpha value is -0.280. The van der Waals surface area contributed by atoms with E-state index in [0.29, 0.717) is 5.92 Å². The Morgan fingerprint density at radius 1 is 1.30 bits per heavy atom. The molecule has 2 aliphatic rings. The van der Waals surface area contributed by atoms with Gasteiger partial charge in [-0.1, -0.05) is 0 Å². The molecule has 0 aromatic carbocycles. The smallest absolute Gasteiger partial charge is 0.224 e. The van der Waals surface area contributed by atoms with Crippen molar-refractivity contribution in [1.29, 1.82) is 0 Å². The lowest BCUT2D eigenvalue weighted by Gasteiger charge is -1.98. The largest absolute Gasteiger partial charge is 0.355 e. The topological polar surface area (TPSA) is 41.1 Å². The Labute approximate surface area is 66.0 Å². The molecule has 2 atom stereocenters. The number of fused-ring (bicyclic) bond motifs is 1. The number of rotatable bonds is 0. The average molecular weight is 163 g/mol. The lowest BCUT2D eigenvalue weighted by molar-refractivity contribution is -0.122. The first-order valence-electron chi connectivity index (χ1n) is 3.36. The van der Waals surface area contributed by atoms with E-state index < -0.39 is 0 Å². The molecule has 2 aliphatic heterocycles. The van der Waals surface area contributed by atoms with Gasteiger partial charge in [0.15, 0.2) is 0 Å². The van der Waals surface area contributed by atoms with Crippen LogP contribution in [-0.2, 0) is 4.79 Å². The van der Waals surface area contributed by atoms with Gasteiger partial charge in [0.2, 0.25) is 5.91 Å². The number of amides is 1. The maximum absolute atomic E-state index is 10.9. The van der Waals surface area contributed by atoms with E-state index in [9.17, 15) is 4.79 Å². The minimum atomic E-state index is 0. The molecular formula is C6H11ClN2O. The highest BCUT2D eigenvalue weighted by Gasteiger charge is 2.37. The number of halogens is 1. The molecule has 58 valence electrons. The summed E-state index contributed by atoms with van der Waals surface area (Å²) < 4.78 is 0. The summed E-state index contributed by atoms with van der Waals surface area (Å²) in [6.45, 7) is 2.79. The highest BCUT2D eigenvalue weighted by Crippen LogP contribution is 2.20. The molecule has 0 saturated carbocycles. The molecule has 2 N–H and O–H groups in total. The summed E-state index contributed by atoms with van der Waals surface area (Å²) >= 11 is 0. The second kappa shape index (κ2) is 2.76. The van der Waals surface area contributed by atoms with Crippen LogP contribution in [0.4, 0.5) is 0 Å². The Morgan fingerprint density at radius 3 is 2.80 bits per heavy atom. The predicted octanol–water partition coefficient (Wildman–Crippen LogP) is -0.626. The molecule has 2 saturated heterocycles. The van der Waals surface area contributed by atoms with Gasteiger partial charge in [-0.2, -0.15) is 0 Å². The first-order chi connectivity index (χ1) is 4.38. The Kier molecular flexibility index (Phi) is 2.16. The van der Waals surface area contributed by atoms with Crippen molar-refractivity contribution in [2.75, 3.05) is 19.6 Å². The Balaban J connectivity index is 0.000000500. The van der Waals surface area contributed by atoms with E-state index in [1.807, 2.05) is 0 Å². The fraction of sp³-hybridized carbons (Fsp3) is 0.833. The minimum Gasteiger partial charge on any atom is -0.355 e. The maximum atomic E-state index is 10.9. The van der Waals surface area contributed by atoms with Crippen molar-refractivity contribution in [3.63, 3.8) is 0 Å². The molecule has 0 bridgehead atoms. The van der Waals surface area contributed by atoms with Crippen molar-refractivity contribution >= 4 is 18.3 Å². The standard InChI is InChI=1S/C6H10N2O.ClH/c9-6-5-3-7-1-4(5)2-8-6;/h4-5,7H,1-3H2,(H,8,9);1H. The van der Waals surface area contributed by atoms with E-state index in [2.05, 4.69) is 10.6 Å². The molecule has 1 amide bonds. The lowest BCUT2D eigenvalue weighted by atomic mass is 10.0. The maximum Gasteiger partial charge on any atom is 0.224 e. The Bertz CT molecular complexity index is 151. The summed E-state index contributed by atoms with van der Waals surface area (Å²) in [6, 6.07) is 0. The summed E-state index contributed by atoms with van der Waals surface area (Å²) in [6.07, 6.45) is 0. The summed E-state index contributed by atoms with van der Waals surface area (Å²) in [7, 11) is 0. The molecule has 2 heterocycles. The fourth-order valence-electron chi connectivity index (χ4n) is 1.62. The van der Waals surface area contributed by atoms with Crippen LogP contribution in [0.15, 0.2) is 0 Å². The van der Waals surface area contributed by atoms with Crippen molar-refractivity contribution in [1.82, 2.24) is 10.6 Å². The molecular weight excluding hydrogens is 152 g/mol. The average Bonchev–Trinajstić information content (AvgIpc) is 2.35. The zero-order valence-electron chi connectivity index (χ0n) is 5.59. The van der Waals surface area contributed by atoms with Gasteiger partial charge in [-0.15, -0.1) is 12.4 Å². The van der Waals surface area contributed by atoms with Gasteiger partial charge in [0.05, 0.1) is 5.92 Å². The molecule has 0 spiro atoms. The number of hydrogen-bond donors (Lipinski definition) is 2. The van der Waals surface area contributed by atoms with Gasteiger partial charge in [-0.05, 0) is 0 Å². The van der Waals surface area contributed by atoms with Crippen LogP contribution in [0.5, 0.6) is 0 Å². The molecule has 2 rings (SSSR count).